The third kappa shape index (κ3) is 4.76. The molecule has 2 saturated carbocycles. The number of hydrogen-bond donors (Lipinski definition) is 2. The fourth-order valence-electron chi connectivity index (χ4n) is 4.52. The van der Waals surface area contributed by atoms with Gasteiger partial charge in [-0.05, 0) is 62.1 Å². The Morgan fingerprint density at radius 1 is 1.03 bits per heavy atom. The van der Waals surface area contributed by atoms with E-state index in [4.69, 9.17) is 14.7 Å². The first-order valence-corrected chi connectivity index (χ1v) is 14.0. The Kier molecular flexibility index (Phi) is 6.04. The molecule has 0 bridgehead atoms. The Morgan fingerprint density at radius 3 is 2.43 bits per heavy atom. The lowest BCUT2D eigenvalue weighted by molar-refractivity contribution is 0.122. The number of benzene rings is 1. The summed E-state index contributed by atoms with van der Waals surface area (Å²) in [4.78, 5) is 27.9. The number of aromatic nitrogens is 3. The van der Waals surface area contributed by atoms with Gasteiger partial charge in [0.15, 0.2) is 10.9 Å². The number of anilines is 2. The van der Waals surface area contributed by atoms with Crippen molar-refractivity contribution in [2.75, 3.05) is 36.5 Å². The van der Waals surface area contributed by atoms with Crippen molar-refractivity contribution in [3.63, 3.8) is 0 Å². The van der Waals surface area contributed by atoms with Crippen molar-refractivity contribution in [3.8, 4) is 11.4 Å². The van der Waals surface area contributed by atoms with Gasteiger partial charge in [-0.25, -0.2) is 28.2 Å². The quantitative estimate of drug-likeness (QED) is 0.487. The summed E-state index contributed by atoms with van der Waals surface area (Å²) in [5, 5.41) is 5.79. The Morgan fingerprint density at radius 2 is 1.78 bits per heavy atom. The molecule has 3 aromatic rings. The molecule has 1 saturated heterocycles. The zero-order chi connectivity index (χ0) is 25.5. The van der Waals surface area contributed by atoms with Gasteiger partial charge in [0.2, 0.25) is 9.84 Å². The molecule has 3 aliphatic rings. The molecule has 2 aromatic heterocycles. The smallest absolute Gasteiger partial charge is 0.319 e. The summed E-state index contributed by atoms with van der Waals surface area (Å²) in [7, 11) is -3.75. The third-order valence-corrected chi connectivity index (χ3v) is 9.40. The minimum Gasteiger partial charge on any atom is -0.378 e. The van der Waals surface area contributed by atoms with Gasteiger partial charge < -0.3 is 20.3 Å². The lowest BCUT2D eigenvalue weighted by Gasteiger charge is -2.29. The van der Waals surface area contributed by atoms with Crippen LogP contribution in [0.25, 0.3) is 11.4 Å². The number of carbonyl (C=O) groups is 1. The minimum atomic E-state index is -3.75. The lowest BCUT2D eigenvalue weighted by atomic mass is 10.1. The maximum absolute atomic E-state index is 13.7. The van der Waals surface area contributed by atoms with Crippen LogP contribution in [0, 0.1) is 0 Å². The molecule has 10 nitrogen and oxygen atoms in total. The van der Waals surface area contributed by atoms with Gasteiger partial charge in [-0.1, -0.05) is 6.07 Å². The molecule has 37 heavy (non-hydrogen) atoms. The first kappa shape index (κ1) is 23.8. The van der Waals surface area contributed by atoms with Gasteiger partial charge in [0.05, 0.1) is 18.9 Å². The van der Waals surface area contributed by atoms with E-state index in [1.165, 1.54) is 12.3 Å². The highest BCUT2D eigenvalue weighted by Gasteiger charge is 2.58. The highest BCUT2D eigenvalue weighted by atomic mass is 32.2. The maximum Gasteiger partial charge on any atom is 0.319 e. The fourth-order valence-corrected chi connectivity index (χ4v) is 6.39. The van der Waals surface area contributed by atoms with E-state index in [-0.39, 0.29) is 17.1 Å². The van der Waals surface area contributed by atoms with Crippen LogP contribution in [-0.4, -0.2) is 61.7 Å². The van der Waals surface area contributed by atoms with Crippen LogP contribution in [-0.2, 0) is 19.3 Å². The van der Waals surface area contributed by atoms with Crippen LogP contribution in [0.1, 0.15) is 31.4 Å². The molecule has 2 N–H and O–H groups in total. The number of rotatable bonds is 7. The number of hydrogen-bond acceptors (Lipinski definition) is 8. The lowest BCUT2D eigenvalue weighted by Crippen LogP contribution is -2.37. The second-order valence-corrected chi connectivity index (χ2v) is 11.9. The van der Waals surface area contributed by atoms with Crippen molar-refractivity contribution >= 4 is 27.4 Å². The summed E-state index contributed by atoms with van der Waals surface area (Å²) in [6, 6.07) is 14.0. The Bertz CT molecular complexity index is 1400. The number of carbonyl (C=O) groups excluding carboxylic acids is 1. The summed E-state index contributed by atoms with van der Waals surface area (Å²) in [6.45, 7) is 2.48. The summed E-state index contributed by atoms with van der Waals surface area (Å²) in [5.41, 5.74) is 1.87. The number of urea groups is 1. The summed E-state index contributed by atoms with van der Waals surface area (Å²) in [6.07, 6.45) is 4.48. The van der Waals surface area contributed by atoms with Crippen LogP contribution >= 0.6 is 0 Å². The zero-order valence-corrected chi connectivity index (χ0v) is 21.1. The van der Waals surface area contributed by atoms with E-state index < -0.39 is 14.6 Å². The number of pyridine rings is 1. The second kappa shape index (κ2) is 9.38. The maximum atomic E-state index is 13.7. The Balaban J connectivity index is 1.35. The van der Waals surface area contributed by atoms with E-state index in [1.54, 1.807) is 30.3 Å². The normalized spacial score (nSPS) is 18.8. The summed E-state index contributed by atoms with van der Waals surface area (Å²) < 4.78 is 31.7. The minimum absolute atomic E-state index is 0.0560. The van der Waals surface area contributed by atoms with Gasteiger partial charge in [0, 0.05) is 42.6 Å². The number of nitrogens with one attached hydrogen (secondary N) is 2. The topological polar surface area (TPSA) is 126 Å². The molecular weight excluding hydrogens is 492 g/mol. The van der Waals surface area contributed by atoms with Crippen molar-refractivity contribution in [1.82, 2.24) is 20.3 Å². The standard InChI is InChI=1S/C26H28N6O4S/c33-25(29-20-8-9-20)28-19-6-4-18(5-7-19)24-30-21(17-22(31-24)32-13-15-36-16-14-32)26(10-11-26)37(34,35)23-3-1-2-12-27-23/h1-7,12,17,20H,8-11,13-16H2,(H2,28,29,33). The van der Waals surface area contributed by atoms with Crippen molar-refractivity contribution in [3.05, 3.63) is 60.4 Å². The van der Waals surface area contributed by atoms with Crippen molar-refractivity contribution in [1.29, 1.82) is 0 Å². The molecule has 2 aliphatic carbocycles. The van der Waals surface area contributed by atoms with E-state index in [9.17, 15) is 13.2 Å². The molecule has 1 aliphatic heterocycles. The Labute approximate surface area is 215 Å². The highest BCUT2D eigenvalue weighted by molar-refractivity contribution is 7.92. The molecule has 3 fully saturated rings. The number of morpholine rings is 1. The number of sulfone groups is 1. The van der Waals surface area contributed by atoms with E-state index in [0.29, 0.717) is 62.2 Å². The summed E-state index contributed by atoms with van der Waals surface area (Å²) >= 11 is 0. The van der Waals surface area contributed by atoms with Crippen LogP contribution in [0.5, 0.6) is 0 Å². The van der Waals surface area contributed by atoms with Gasteiger partial charge in [-0.3, -0.25) is 0 Å². The van der Waals surface area contributed by atoms with E-state index >= 15 is 0 Å². The molecule has 1 aromatic carbocycles. The largest absolute Gasteiger partial charge is 0.378 e. The molecule has 0 spiro atoms. The van der Waals surface area contributed by atoms with E-state index in [2.05, 4.69) is 20.5 Å². The van der Waals surface area contributed by atoms with Crippen molar-refractivity contribution in [2.24, 2.45) is 0 Å². The fraction of sp³-hybridized carbons (Fsp3) is 0.385. The molecule has 0 unspecified atom stereocenters. The van der Waals surface area contributed by atoms with Crippen molar-refractivity contribution < 1.29 is 17.9 Å². The second-order valence-electron chi connectivity index (χ2n) is 9.65. The van der Waals surface area contributed by atoms with Gasteiger partial charge in [0.1, 0.15) is 10.6 Å². The van der Waals surface area contributed by atoms with Crippen LogP contribution < -0.4 is 15.5 Å². The van der Waals surface area contributed by atoms with Gasteiger partial charge in [-0.2, -0.15) is 0 Å². The average molecular weight is 521 g/mol. The highest BCUT2D eigenvalue weighted by Crippen LogP contribution is 2.54. The third-order valence-electron chi connectivity index (χ3n) is 6.96. The van der Waals surface area contributed by atoms with E-state index in [1.807, 2.05) is 12.1 Å². The molecular formula is C26H28N6O4S. The van der Waals surface area contributed by atoms with E-state index in [0.717, 1.165) is 18.4 Å². The summed E-state index contributed by atoms with van der Waals surface area (Å²) in [5.74, 6) is 1.12. The SMILES string of the molecule is O=C(Nc1ccc(-c2nc(N3CCOCC3)cc(C3(S(=O)(=O)c4ccccn4)CC3)n2)cc1)NC1CC1. The predicted octanol–water partition coefficient (Wildman–Crippen LogP) is 3.12. The predicted molar refractivity (Wildman–Crippen MR) is 138 cm³/mol. The number of amides is 2. The number of ether oxygens (including phenoxy) is 1. The van der Waals surface area contributed by atoms with Crippen LogP contribution in [0.3, 0.4) is 0 Å². The molecule has 11 heteroatoms. The van der Waals surface area contributed by atoms with Crippen LogP contribution in [0.2, 0.25) is 0 Å². The monoisotopic (exact) mass is 520 g/mol. The van der Waals surface area contributed by atoms with Crippen LogP contribution in [0.15, 0.2) is 59.8 Å². The first-order chi connectivity index (χ1) is 17.9. The van der Waals surface area contributed by atoms with Gasteiger partial charge >= 0.3 is 6.03 Å². The molecule has 2 amide bonds. The molecule has 0 radical (unpaired) electrons. The molecule has 0 atom stereocenters. The molecule has 6 rings (SSSR count). The first-order valence-electron chi connectivity index (χ1n) is 12.5. The number of nitrogens with zero attached hydrogens (tertiary/aromatic N) is 4. The Hall–Kier alpha value is -3.57. The van der Waals surface area contributed by atoms with Gasteiger partial charge in [-0.15, -0.1) is 0 Å². The van der Waals surface area contributed by atoms with Crippen LogP contribution in [0.4, 0.5) is 16.3 Å². The molecule has 3 heterocycles. The average Bonchev–Trinajstić information content (AvgIpc) is 3.86. The molecule has 192 valence electrons. The van der Waals surface area contributed by atoms with Gasteiger partial charge in [0.25, 0.3) is 0 Å². The van der Waals surface area contributed by atoms with Crippen molar-refractivity contribution in [2.45, 2.75) is 41.5 Å². The zero-order valence-electron chi connectivity index (χ0n) is 20.3.